The molecule has 0 saturated carbocycles. The van der Waals surface area contributed by atoms with E-state index in [1.54, 1.807) is 0 Å². The predicted octanol–water partition coefficient (Wildman–Crippen LogP) is 6.08. The Morgan fingerprint density at radius 2 is 1.61 bits per heavy atom. The molecule has 2 aliphatic heterocycles. The van der Waals surface area contributed by atoms with E-state index in [9.17, 15) is 4.79 Å². The number of amides is 1. The van der Waals surface area contributed by atoms with E-state index in [1.165, 1.54) is 0 Å². The maximum absolute atomic E-state index is 13.3. The van der Waals surface area contributed by atoms with Crippen LogP contribution in [0.5, 0.6) is 11.5 Å². The first-order valence-electron chi connectivity index (χ1n) is 12.6. The largest absolute Gasteiger partial charge is 0.486 e. The minimum absolute atomic E-state index is 0.0534. The Bertz CT molecular complexity index is 1290. The van der Waals surface area contributed by atoms with Crippen molar-refractivity contribution >= 4 is 5.91 Å². The molecular weight excluding hydrogens is 452 g/mol. The van der Waals surface area contributed by atoms with Gasteiger partial charge in [-0.05, 0) is 30.5 Å². The predicted molar refractivity (Wildman–Crippen MR) is 137 cm³/mol. The summed E-state index contributed by atoms with van der Waals surface area (Å²) in [4.78, 5) is 20.1. The smallest absolute Gasteiger partial charge is 0.223 e. The molecule has 6 heteroatoms. The molecule has 36 heavy (non-hydrogen) atoms. The van der Waals surface area contributed by atoms with Gasteiger partial charge in [0.05, 0.1) is 6.04 Å². The zero-order chi connectivity index (χ0) is 24.3. The van der Waals surface area contributed by atoms with Gasteiger partial charge < -0.3 is 18.8 Å². The summed E-state index contributed by atoms with van der Waals surface area (Å²) in [6.45, 7) is 1.88. The Morgan fingerprint density at radius 1 is 0.889 bits per heavy atom. The van der Waals surface area contributed by atoms with Gasteiger partial charge in [-0.25, -0.2) is 4.98 Å². The molecule has 1 atom stereocenters. The highest BCUT2D eigenvalue weighted by Gasteiger charge is 2.31. The van der Waals surface area contributed by atoms with E-state index in [0.717, 1.165) is 59.0 Å². The molecule has 182 valence electrons. The second-order valence-electron chi connectivity index (χ2n) is 9.17. The van der Waals surface area contributed by atoms with E-state index in [4.69, 9.17) is 18.9 Å². The third-order valence-corrected chi connectivity index (χ3v) is 6.83. The van der Waals surface area contributed by atoms with Crippen LogP contribution in [-0.2, 0) is 11.2 Å². The maximum Gasteiger partial charge on any atom is 0.223 e. The van der Waals surface area contributed by atoms with E-state index in [0.29, 0.717) is 31.9 Å². The SMILES string of the molecule is O=C(CCc1nc(-c2ccccc2)c(-c2ccccc2)o1)N1CCCC1c1ccc2c(c1)OCCO2. The van der Waals surface area contributed by atoms with Crippen molar-refractivity contribution in [3.8, 4) is 34.1 Å². The number of carbonyl (C=O) groups is 1. The van der Waals surface area contributed by atoms with Crippen LogP contribution in [0.15, 0.2) is 83.3 Å². The van der Waals surface area contributed by atoms with Gasteiger partial charge in [-0.2, -0.15) is 0 Å². The lowest BCUT2D eigenvalue weighted by Gasteiger charge is -2.26. The fourth-order valence-corrected chi connectivity index (χ4v) is 5.08. The van der Waals surface area contributed by atoms with Gasteiger partial charge in [0.2, 0.25) is 5.91 Å². The zero-order valence-corrected chi connectivity index (χ0v) is 20.1. The average molecular weight is 481 g/mol. The van der Waals surface area contributed by atoms with Crippen molar-refractivity contribution in [3.63, 3.8) is 0 Å². The van der Waals surface area contributed by atoms with Gasteiger partial charge in [0.1, 0.15) is 18.9 Å². The van der Waals surface area contributed by atoms with Crippen LogP contribution in [0.3, 0.4) is 0 Å². The summed E-state index contributed by atoms with van der Waals surface area (Å²) in [6.07, 6.45) is 2.74. The second kappa shape index (κ2) is 9.90. The minimum atomic E-state index is 0.0534. The summed E-state index contributed by atoms with van der Waals surface area (Å²) in [5.74, 6) is 2.97. The quantitative estimate of drug-likeness (QED) is 0.335. The number of fused-ring (bicyclic) bond motifs is 1. The summed E-state index contributed by atoms with van der Waals surface area (Å²) in [6, 6.07) is 26.1. The molecule has 0 aliphatic carbocycles. The number of carbonyl (C=O) groups excluding carboxylic acids is 1. The van der Waals surface area contributed by atoms with Gasteiger partial charge >= 0.3 is 0 Å². The molecular formula is C30H28N2O4. The normalized spacial score (nSPS) is 16.8. The van der Waals surface area contributed by atoms with Crippen LogP contribution in [0.4, 0.5) is 0 Å². The average Bonchev–Trinajstić information content (AvgIpc) is 3.61. The maximum atomic E-state index is 13.3. The van der Waals surface area contributed by atoms with Crippen LogP contribution in [0.2, 0.25) is 0 Å². The highest BCUT2D eigenvalue weighted by atomic mass is 16.6. The Morgan fingerprint density at radius 3 is 2.39 bits per heavy atom. The molecule has 0 bridgehead atoms. The first kappa shape index (κ1) is 22.4. The summed E-state index contributed by atoms with van der Waals surface area (Å²) in [5, 5.41) is 0. The number of aryl methyl sites for hydroxylation is 1. The van der Waals surface area contributed by atoms with E-state index in [1.807, 2.05) is 77.7 Å². The van der Waals surface area contributed by atoms with E-state index in [2.05, 4.69) is 6.07 Å². The van der Waals surface area contributed by atoms with Crippen LogP contribution in [-0.4, -0.2) is 35.5 Å². The molecule has 1 saturated heterocycles. The van der Waals surface area contributed by atoms with Crippen molar-refractivity contribution in [2.24, 2.45) is 0 Å². The standard InChI is InChI=1S/C30H28N2O4/c33-28(32-17-7-12-24(32)23-13-14-25-26(20-23)35-19-18-34-25)16-15-27-31-29(21-8-3-1-4-9-21)30(36-27)22-10-5-2-6-11-22/h1-6,8-11,13-14,20,24H,7,12,15-19H2. The Hall–Kier alpha value is -4.06. The third-order valence-electron chi connectivity index (χ3n) is 6.83. The topological polar surface area (TPSA) is 64.8 Å². The van der Waals surface area contributed by atoms with Gasteiger partial charge in [-0.1, -0.05) is 66.7 Å². The highest BCUT2D eigenvalue weighted by molar-refractivity contribution is 5.78. The lowest BCUT2D eigenvalue weighted by molar-refractivity contribution is -0.132. The monoisotopic (exact) mass is 480 g/mol. The van der Waals surface area contributed by atoms with Gasteiger partial charge in [0.15, 0.2) is 23.1 Å². The van der Waals surface area contributed by atoms with Crippen molar-refractivity contribution in [3.05, 3.63) is 90.3 Å². The summed E-state index contributed by atoms with van der Waals surface area (Å²) in [5.41, 5.74) is 3.87. The molecule has 0 spiro atoms. The van der Waals surface area contributed by atoms with E-state index < -0.39 is 0 Å². The Labute approximate surface area is 210 Å². The zero-order valence-electron chi connectivity index (χ0n) is 20.1. The van der Waals surface area contributed by atoms with Crippen LogP contribution in [0, 0.1) is 0 Å². The molecule has 1 amide bonds. The van der Waals surface area contributed by atoms with Crippen LogP contribution in [0.25, 0.3) is 22.6 Å². The molecule has 0 radical (unpaired) electrons. The number of benzene rings is 3. The molecule has 6 nitrogen and oxygen atoms in total. The molecule has 1 aromatic heterocycles. The van der Waals surface area contributed by atoms with Gasteiger partial charge in [0, 0.05) is 30.5 Å². The minimum Gasteiger partial charge on any atom is -0.486 e. The first-order valence-corrected chi connectivity index (χ1v) is 12.6. The fraction of sp³-hybridized carbons (Fsp3) is 0.267. The van der Waals surface area contributed by atoms with Gasteiger partial charge in [-0.15, -0.1) is 0 Å². The van der Waals surface area contributed by atoms with Crippen molar-refractivity contribution < 1.29 is 18.7 Å². The first-order chi connectivity index (χ1) is 17.8. The van der Waals surface area contributed by atoms with Gasteiger partial charge in [0.25, 0.3) is 0 Å². The number of rotatable bonds is 6. The molecule has 1 unspecified atom stereocenters. The van der Waals surface area contributed by atoms with Crippen LogP contribution in [0.1, 0.15) is 36.8 Å². The number of aromatic nitrogens is 1. The summed E-state index contributed by atoms with van der Waals surface area (Å²) in [7, 11) is 0. The number of ether oxygens (including phenoxy) is 2. The molecule has 0 N–H and O–H groups in total. The van der Waals surface area contributed by atoms with Crippen molar-refractivity contribution in [2.45, 2.75) is 31.7 Å². The molecule has 3 aromatic carbocycles. The second-order valence-corrected chi connectivity index (χ2v) is 9.17. The highest BCUT2D eigenvalue weighted by Crippen LogP contribution is 2.39. The van der Waals surface area contributed by atoms with Crippen LogP contribution >= 0.6 is 0 Å². The number of hydrogen-bond donors (Lipinski definition) is 0. The molecule has 6 rings (SSSR count). The molecule has 1 fully saturated rings. The van der Waals surface area contributed by atoms with Crippen LogP contribution < -0.4 is 9.47 Å². The Kier molecular flexibility index (Phi) is 6.16. The molecule has 3 heterocycles. The van der Waals surface area contributed by atoms with Crippen molar-refractivity contribution in [1.82, 2.24) is 9.88 Å². The number of likely N-dealkylation sites (tertiary alicyclic amines) is 1. The van der Waals surface area contributed by atoms with Gasteiger partial charge in [-0.3, -0.25) is 4.79 Å². The Balaban J connectivity index is 1.20. The lowest BCUT2D eigenvalue weighted by Crippen LogP contribution is -2.30. The number of nitrogens with zero attached hydrogens (tertiary/aromatic N) is 2. The number of oxazole rings is 1. The number of hydrogen-bond acceptors (Lipinski definition) is 5. The fourth-order valence-electron chi connectivity index (χ4n) is 5.08. The van der Waals surface area contributed by atoms with Crippen molar-refractivity contribution in [1.29, 1.82) is 0 Å². The summed E-state index contributed by atoms with van der Waals surface area (Å²) >= 11 is 0. The lowest BCUT2D eigenvalue weighted by atomic mass is 10.0. The molecule has 4 aromatic rings. The van der Waals surface area contributed by atoms with E-state index in [-0.39, 0.29) is 11.9 Å². The van der Waals surface area contributed by atoms with E-state index >= 15 is 0 Å². The third kappa shape index (κ3) is 4.47. The van der Waals surface area contributed by atoms with Crippen molar-refractivity contribution in [2.75, 3.05) is 19.8 Å². The molecule has 2 aliphatic rings. The summed E-state index contributed by atoms with van der Waals surface area (Å²) < 4.78 is 17.6.